The number of ether oxygens (including phenoxy) is 2. The van der Waals surface area contributed by atoms with Crippen LogP contribution >= 0.6 is 0 Å². The van der Waals surface area contributed by atoms with Gasteiger partial charge in [-0.15, -0.1) is 0 Å². The molecule has 0 saturated carbocycles. The molecule has 106 valence electrons. The summed E-state index contributed by atoms with van der Waals surface area (Å²) in [5.41, 5.74) is 0. The zero-order chi connectivity index (χ0) is 14.2. The van der Waals surface area contributed by atoms with Crippen molar-refractivity contribution in [2.75, 3.05) is 13.7 Å². The molecular formula is C17H21NO2. The number of hydrogen-bond acceptors (Lipinski definition) is 3. The fourth-order valence-corrected chi connectivity index (χ4v) is 1.83. The molecule has 0 spiro atoms. The molecule has 0 aliphatic rings. The van der Waals surface area contributed by atoms with E-state index in [0.29, 0.717) is 12.6 Å². The number of likely N-dealkylation sites (N-methyl/N-ethyl adjacent to an activating group) is 1. The van der Waals surface area contributed by atoms with Crippen molar-refractivity contribution in [1.82, 2.24) is 5.32 Å². The molecular weight excluding hydrogens is 250 g/mol. The topological polar surface area (TPSA) is 30.5 Å². The van der Waals surface area contributed by atoms with Gasteiger partial charge >= 0.3 is 0 Å². The summed E-state index contributed by atoms with van der Waals surface area (Å²) >= 11 is 0. The number of rotatable bonds is 7. The first kappa shape index (κ1) is 14.4. The molecule has 0 amide bonds. The smallest absolute Gasteiger partial charge is 0.127 e. The van der Waals surface area contributed by atoms with Gasteiger partial charge in [0, 0.05) is 6.04 Å². The van der Waals surface area contributed by atoms with Gasteiger partial charge in [-0.3, -0.25) is 0 Å². The number of nitrogens with one attached hydrogen (secondary N) is 1. The molecule has 2 rings (SSSR count). The second-order valence-corrected chi connectivity index (χ2v) is 4.59. The van der Waals surface area contributed by atoms with E-state index < -0.39 is 0 Å². The van der Waals surface area contributed by atoms with Gasteiger partial charge in [-0.25, -0.2) is 0 Å². The molecule has 2 aromatic rings. The highest BCUT2D eigenvalue weighted by atomic mass is 16.5. The first-order valence-corrected chi connectivity index (χ1v) is 6.95. The van der Waals surface area contributed by atoms with Gasteiger partial charge in [-0.2, -0.15) is 0 Å². The van der Waals surface area contributed by atoms with E-state index in [1.807, 2.05) is 61.6 Å². The van der Waals surface area contributed by atoms with Crippen molar-refractivity contribution in [1.29, 1.82) is 0 Å². The van der Waals surface area contributed by atoms with E-state index in [2.05, 4.69) is 12.2 Å². The third-order valence-electron chi connectivity index (χ3n) is 3.15. The summed E-state index contributed by atoms with van der Waals surface area (Å²) in [6, 6.07) is 17.8. The van der Waals surface area contributed by atoms with E-state index in [4.69, 9.17) is 9.47 Å². The van der Waals surface area contributed by atoms with Gasteiger partial charge in [-0.05, 0) is 49.9 Å². The zero-order valence-electron chi connectivity index (χ0n) is 12.0. The fraction of sp³-hybridized carbons (Fsp3) is 0.294. The van der Waals surface area contributed by atoms with Crippen LogP contribution in [0.25, 0.3) is 0 Å². The van der Waals surface area contributed by atoms with Gasteiger partial charge in [0.15, 0.2) is 0 Å². The monoisotopic (exact) mass is 271 g/mol. The van der Waals surface area contributed by atoms with E-state index in [1.165, 1.54) is 0 Å². The standard InChI is InChI=1S/C17H21NO2/c1-3-14(18-2)13-19-15-9-11-17(12-10-15)20-16-7-5-4-6-8-16/h4-12,14,18H,3,13H2,1-2H3. The van der Waals surface area contributed by atoms with Crippen LogP contribution in [-0.4, -0.2) is 19.7 Å². The van der Waals surface area contributed by atoms with Crippen molar-refractivity contribution in [3.8, 4) is 17.2 Å². The normalized spacial score (nSPS) is 11.9. The van der Waals surface area contributed by atoms with Crippen molar-refractivity contribution in [3.63, 3.8) is 0 Å². The minimum absolute atomic E-state index is 0.384. The van der Waals surface area contributed by atoms with Crippen molar-refractivity contribution in [2.24, 2.45) is 0 Å². The Kier molecular flexibility index (Phi) is 5.44. The maximum atomic E-state index is 5.74. The van der Waals surface area contributed by atoms with Crippen molar-refractivity contribution in [3.05, 3.63) is 54.6 Å². The fourth-order valence-electron chi connectivity index (χ4n) is 1.83. The molecule has 0 bridgehead atoms. The molecule has 0 aliphatic heterocycles. The average Bonchev–Trinajstić information content (AvgIpc) is 2.51. The summed E-state index contributed by atoms with van der Waals surface area (Å²) in [5.74, 6) is 2.51. The minimum Gasteiger partial charge on any atom is -0.492 e. The van der Waals surface area contributed by atoms with E-state index >= 15 is 0 Å². The summed E-state index contributed by atoms with van der Waals surface area (Å²) in [5, 5.41) is 3.22. The Labute approximate surface area is 120 Å². The second kappa shape index (κ2) is 7.56. The molecule has 0 heterocycles. The summed E-state index contributed by atoms with van der Waals surface area (Å²) in [7, 11) is 1.95. The molecule has 2 aromatic carbocycles. The zero-order valence-corrected chi connectivity index (χ0v) is 12.0. The van der Waals surface area contributed by atoms with Crippen LogP contribution in [-0.2, 0) is 0 Å². The van der Waals surface area contributed by atoms with Gasteiger partial charge in [0.25, 0.3) is 0 Å². The predicted molar refractivity (Wildman–Crippen MR) is 81.6 cm³/mol. The SMILES string of the molecule is CCC(COc1ccc(Oc2ccccc2)cc1)NC. The lowest BCUT2D eigenvalue weighted by Gasteiger charge is -2.15. The highest BCUT2D eigenvalue weighted by molar-refractivity contribution is 5.35. The van der Waals surface area contributed by atoms with Crippen molar-refractivity contribution < 1.29 is 9.47 Å². The van der Waals surface area contributed by atoms with E-state index in [-0.39, 0.29) is 0 Å². The third-order valence-corrected chi connectivity index (χ3v) is 3.15. The Hall–Kier alpha value is -2.00. The van der Waals surface area contributed by atoms with Crippen LogP contribution in [0.1, 0.15) is 13.3 Å². The van der Waals surface area contributed by atoms with Gasteiger partial charge in [0.2, 0.25) is 0 Å². The quantitative estimate of drug-likeness (QED) is 0.829. The molecule has 3 nitrogen and oxygen atoms in total. The highest BCUT2D eigenvalue weighted by Gasteiger charge is 2.04. The summed E-state index contributed by atoms with van der Waals surface area (Å²) in [4.78, 5) is 0. The number of para-hydroxylation sites is 1. The Balaban J connectivity index is 1.90. The first-order valence-electron chi connectivity index (χ1n) is 6.95. The van der Waals surface area contributed by atoms with E-state index in [9.17, 15) is 0 Å². The molecule has 0 radical (unpaired) electrons. The highest BCUT2D eigenvalue weighted by Crippen LogP contribution is 2.23. The maximum absolute atomic E-state index is 5.74. The first-order chi connectivity index (χ1) is 9.81. The molecule has 3 heteroatoms. The predicted octanol–water partition coefficient (Wildman–Crippen LogP) is 3.86. The van der Waals surface area contributed by atoms with Crippen LogP contribution in [0, 0.1) is 0 Å². The molecule has 1 N–H and O–H groups in total. The lowest BCUT2D eigenvalue weighted by molar-refractivity contribution is 0.267. The van der Waals surface area contributed by atoms with Crippen LogP contribution in [0.3, 0.4) is 0 Å². The molecule has 0 aliphatic carbocycles. The average molecular weight is 271 g/mol. The van der Waals surface area contributed by atoms with Crippen LogP contribution in [0.5, 0.6) is 17.2 Å². The molecule has 20 heavy (non-hydrogen) atoms. The lowest BCUT2D eigenvalue weighted by Crippen LogP contribution is -2.30. The second-order valence-electron chi connectivity index (χ2n) is 4.59. The number of hydrogen-bond donors (Lipinski definition) is 1. The number of benzene rings is 2. The van der Waals surface area contributed by atoms with E-state index in [0.717, 1.165) is 23.7 Å². The Morgan fingerprint density at radius 3 is 2.10 bits per heavy atom. The Morgan fingerprint density at radius 2 is 1.50 bits per heavy atom. The minimum atomic E-state index is 0.384. The van der Waals surface area contributed by atoms with Gasteiger partial charge in [0.05, 0.1) is 0 Å². The Bertz CT molecular complexity index is 492. The summed E-state index contributed by atoms with van der Waals surface area (Å²) < 4.78 is 11.5. The maximum Gasteiger partial charge on any atom is 0.127 e. The molecule has 1 atom stereocenters. The third kappa shape index (κ3) is 4.28. The van der Waals surface area contributed by atoms with Crippen molar-refractivity contribution >= 4 is 0 Å². The van der Waals surface area contributed by atoms with Crippen LogP contribution in [0.4, 0.5) is 0 Å². The van der Waals surface area contributed by atoms with Crippen LogP contribution in [0.15, 0.2) is 54.6 Å². The molecule has 0 fully saturated rings. The van der Waals surface area contributed by atoms with Crippen LogP contribution < -0.4 is 14.8 Å². The van der Waals surface area contributed by atoms with Crippen molar-refractivity contribution in [2.45, 2.75) is 19.4 Å². The van der Waals surface area contributed by atoms with Gasteiger partial charge < -0.3 is 14.8 Å². The van der Waals surface area contributed by atoms with Gasteiger partial charge in [-0.1, -0.05) is 25.1 Å². The molecule has 0 saturated heterocycles. The summed E-state index contributed by atoms with van der Waals surface area (Å²) in [6.45, 7) is 2.81. The molecule has 0 aromatic heterocycles. The van der Waals surface area contributed by atoms with Crippen LogP contribution in [0.2, 0.25) is 0 Å². The van der Waals surface area contributed by atoms with E-state index in [1.54, 1.807) is 0 Å². The summed E-state index contributed by atoms with van der Waals surface area (Å²) in [6.07, 6.45) is 1.05. The largest absolute Gasteiger partial charge is 0.492 e. The molecule has 1 unspecified atom stereocenters. The Morgan fingerprint density at radius 1 is 0.900 bits per heavy atom. The van der Waals surface area contributed by atoms with Gasteiger partial charge in [0.1, 0.15) is 23.9 Å². The lowest BCUT2D eigenvalue weighted by atomic mass is 10.2.